The van der Waals surface area contributed by atoms with E-state index in [2.05, 4.69) is 0 Å². The topological polar surface area (TPSA) is 87.3 Å². The van der Waals surface area contributed by atoms with E-state index in [-0.39, 0.29) is 0 Å². The minimum absolute atomic E-state index is 0.405. The zero-order valence-electron chi connectivity index (χ0n) is 13.9. The first-order chi connectivity index (χ1) is 13.5. The molecule has 0 unspecified atom stereocenters. The molecule has 0 aliphatic carbocycles. The smallest absolute Gasteiger partial charge is 0.240 e. The first-order valence-corrected chi connectivity index (χ1v) is 8.95. The fourth-order valence-corrected chi connectivity index (χ4v) is 2.98. The molecule has 3 N–H and O–H groups in total. The zero-order chi connectivity index (χ0) is 21.9. The molecule has 0 radical (unpaired) electrons. The summed E-state index contributed by atoms with van der Waals surface area (Å²) < 4.78 is 117. The molecule has 0 aromatic heterocycles. The molecule has 158 valence electrons. The number of sulfonamides is 1. The monoisotopic (exact) mass is 445 g/mol. The van der Waals surface area contributed by atoms with E-state index in [0.29, 0.717) is 12.1 Å². The maximum atomic E-state index is 13.4. The van der Waals surface area contributed by atoms with E-state index < -0.39 is 80.2 Å². The number of halogens is 7. The van der Waals surface area contributed by atoms with Gasteiger partial charge in [0.15, 0.2) is 34.9 Å². The van der Waals surface area contributed by atoms with Crippen molar-refractivity contribution in [3.63, 3.8) is 0 Å². The van der Waals surface area contributed by atoms with Gasteiger partial charge in [0.05, 0.1) is 4.90 Å². The number of benzene rings is 2. The first-order valence-electron chi connectivity index (χ1n) is 7.46. The molecule has 14 heteroatoms. The lowest BCUT2D eigenvalue weighted by atomic mass is 10.2. The van der Waals surface area contributed by atoms with Crippen LogP contribution in [0.25, 0.3) is 0 Å². The molecule has 0 aliphatic heterocycles. The second kappa shape index (κ2) is 8.65. The maximum absolute atomic E-state index is 13.4. The third-order valence-electron chi connectivity index (χ3n) is 3.38. The van der Waals surface area contributed by atoms with Gasteiger partial charge in [0, 0.05) is 13.0 Å². The molecule has 6 nitrogen and oxygen atoms in total. The Bertz CT molecular complexity index is 1030. The summed E-state index contributed by atoms with van der Waals surface area (Å²) in [5.74, 6) is -15.1. The fourth-order valence-electron chi connectivity index (χ4n) is 1.94. The molecular weight excluding hydrogens is 435 g/mol. The highest BCUT2D eigenvalue weighted by Crippen LogP contribution is 2.26. The Morgan fingerprint density at radius 1 is 0.828 bits per heavy atom. The Balaban J connectivity index is 1.95. The average Bonchev–Trinajstić information content (AvgIpc) is 2.66. The second-order valence-electron chi connectivity index (χ2n) is 5.34. The van der Waals surface area contributed by atoms with Gasteiger partial charge in [-0.1, -0.05) is 0 Å². The Hall–Kier alpha value is -2.87. The van der Waals surface area contributed by atoms with Crippen molar-refractivity contribution in [2.45, 2.75) is 11.3 Å². The molecule has 0 aliphatic rings. The predicted molar refractivity (Wildman–Crippen MR) is 84.2 cm³/mol. The van der Waals surface area contributed by atoms with Crippen LogP contribution < -0.4 is 15.6 Å². The molecule has 1 amide bonds. The SMILES string of the molecule is O=C(CCNS(=O)(=O)c1ccc(F)c(F)c1)NNc1c(F)c(F)c(F)c(F)c1F. The summed E-state index contributed by atoms with van der Waals surface area (Å²) in [5.41, 5.74) is 1.63. The Labute approximate surface area is 158 Å². The van der Waals surface area contributed by atoms with Crippen LogP contribution in [0.2, 0.25) is 0 Å². The van der Waals surface area contributed by atoms with Crippen LogP contribution in [0.5, 0.6) is 0 Å². The molecule has 29 heavy (non-hydrogen) atoms. The number of hydrogen-bond donors (Lipinski definition) is 3. The van der Waals surface area contributed by atoms with Crippen LogP contribution in [0, 0.1) is 40.7 Å². The zero-order valence-corrected chi connectivity index (χ0v) is 14.7. The summed E-state index contributed by atoms with van der Waals surface area (Å²) in [6.45, 7) is -0.591. The number of carbonyl (C=O) groups excluding carboxylic acids is 1. The van der Waals surface area contributed by atoms with Crippen LogP contribution in [-0.4, -0.2) is 20.9 Å². The highest BCUT2D eigenvalue weighted by molar-refractivity contribution is 7.89. The minimum Gasteiger partial charge on any atom is -0.293 e. The summed E-state index contributed by atoms with van der Waals surface area (Å²) in [6, 6.07) is 1.75. The quantitative estimate of drug-likeness (QED) is 0.265. The lowest BCUT2D eigenvalue weighted by Crippen LogP contribution is -2.34. The van der Waals surface area contributed by atoms with Crippen molar-refractivity contribution in [3.05, 3.63) is 58.9 Å². The average molecular weight is 445 g/mol. The molecule has 0 bridgehead atoms. The fraction of sp³-hybridized carbons (Fsp3) is 0.133. The Kier molecular flexibility index (Phi) is 6.69. The van der Waals surface area contributed by atoms with Gasteiger partial charge in [0.1, 0.15) is 5.69 Å². The van der Waals surface area contributed by atoms with Gasteiger partial charge in [-0.3, -0.25) is 15.6 Å². The predicted octanol–water partition coefficient (Wildman–Crippen LogP) is 2.47. The number of carbonyl (C=O) groups is 1. The molecule has 0 spiro atoms. The second-order valence-corrected chi connectivity index (χ2v) is 7.11. The highest BCUT2D eigenvalue weighted by Gasteiger charge is 2.26. The lowest BCUT2D eigenvalue weighted by Gasteiger charge is -2.12. The van der Waals surface area contributed by atoms with E-state index in [1.165, 1.54) is 5.43 Å². The standard InChI is InChI=1S/C15H10F7N3O3S/c16-7-2-1-6(5-8(7)17)29(27,28)23-4-3-9(26)24-25-15-13(21)11(19)10(18)12(20)14(15)22/h1-2,5,23,25H,3-4H2,(H,24,26). The van der Waals surface area contributed by atoms with Gasteiger partial charge >= 0.3 is 0 Å². The van der Waals surface area contributed by atoms with E-state index in [0.717, 1.165) is 6.07 Å². The van der Waals surface area contributed by atoms with E-state index in [1.807, 2.05) is 4.72 Å². The molecule has 0 atom stereocenters. The van der Waals surface area contributed by atoms with Gasteiger partial charge in [0.25, 0.3) is 0 Å². The van der Waals surface area contributed by atoms with Crippen molar-refractivity contribution in [2.24, 2.45) is 0 Å². The number of hydrogen-bond acceptors (Lipinski definition) is 4. The summed E-state index contributed by atoms with van der Waals surface area (Å²) in [4.78, 5) is 10.9. The number of hydrazine groups is 1. The minimum atomic E-state index is -4.31. The number of rotatable bonds is 7. The van der Waals surface area contributed by atoms with E-state index >= 15 is 0 Å². The number of nitrogens with one attached hydrogen (secondary N) is 3. The molecule has 2 rings (SSSR count). The molecule has 0 saturated heterocycles. The molecular formula is C15H10F7N3O3S. The van der Waals surface area contributed by atoms with Crippen LogP contribution in [0.1, 0.15) is 6.42 Å². The summed E-state index contributed by atoms with van der Waals surface area (Å²) in [7, 11) is -4.31. The normalized spacial score (nSPS) is 11.4. The molecule has 0 fully saturated rings. The van der Waals surface area contributed by atoms with Gasteiger partial charge < -0.3 is 0 Å². The van der Waals surface area contributed by atoms with E-state index in [9.17, 15) is 43.9 Å². The van der Waals surface area contributed by atoms with Crippen LogP contribution in [-0.2, 0) is 14.8 Å². The van der Waals surface area contributed by atoms with Crippen molar-refractivity contribution in [1.29, 1.82) is 0 Å². The van der Waals surface area contributed by atoms with E-state index in [1.54, 1.807) is 5.43 Å². The van der Waals surface area contributed by atoms with Crippen molar-refractivity contribution in [2.75, 3.05) is 12.0 Å². The van der Waals surface area contributed by atoms with Gasteiger partial charge in [-0.2, -0.15) is 0 Å². The van der Waals surface area contributed by atoms with Crippen molar-refractivity contribution >= 4 is 21.6 Å². The molecule has 2 aromatic carbocycles. The molecule has 0 heterocycles. The van der Waals surface area contributed by atoms with E-state index in [4.69, 9.17) is 0 Å². The van der Waals surface area contributed by atoms with Gasteiger partial charge in [-0.05, 0) is 18.2 Å². The van der Waals surface area contributed by atoms with Crippen LogP contribution >= 0.6 is 0 Å². The van der Waals surface area contributed by atoms with Crippen LogP contribution in [0.3, 0.4) is 0 Å². The van der Waals surface area contributed by atoms with Crippen LogP contribution in [0.4, 0.5) is 36.4 Å². The Morgan fingerprint density at radius 3 is 1.93 bits per heavy atom. The van der Waals surface area contributed by atoms with Crippen LogP contribution in [0.15, 0.2) is 23.1 Å². The van der Waals surface area contributed by atoms with Gasteiger partial charge in [0.2, 0.25) is 21.7 Å². The maximum Gasteiger partial charge on any atom is 0.240 e. The number of amides is 1. The van der Waals surface area contributed by atoms with Gasteiger partial charge in [-0.15, -0.1) is 0 Å². The number of anilines is 1. The third kappa shape index (κ3) is 4.95. The van der Waals surface area contributed by atoms with Crippen molar-refractivity contribution < 1.29 is 43.9 Å². The third-order valence-corrected chi connectivity index (χ3v) is 4.84. The first kappa shape index (κ1) is 22.4. The van der Waals surface area contributed by atoms with Crippen molar-refractivity contribution in [1.82, 2.24) is 10.1 Å². The molecule has 2 aromatic rings. The summed E-state index contributed by atoms with van der Waals surface area (Å²) in [5, 5.41) is 0. The van der Waals surface area contributed by atoms with Gasteiger partial charge in [-0.25, -0.2) is 43.9 Å². The molecule has 0 saturated carbocycles. The largest absolute Gasteiger partial charge is 0.293 e. The summed E-state index contributed by atoms with van der Waals surface area (Å²) >= 11 is 0. The van der Waals surface area contributed by atoms with Crippen molar-refractivity contribution in [3.8, 4) is 0 Å². The summed E-state index contributed by atoms with van der Waals surface area (Å²) in [6.07, 6.45) is -0.648. The lowest BCUT2D eigenvalue weighted by molar-refractivity contribution is -0.120. The highest BCUT2D eigenvalue weighted by atomic mass is 32.2. The Morgan fingerprint density at radius 2 is 1.38 bits per heavy atom.